The molecule has 0 aliphatic carbocycles. The number of carbonyl (C=O) groups excluding carboxylic acids is 1. The summed E-state index contributed by atoms with van der Waals surface area (Å²) in [6.07, 6.45) is 0. The van der Waals surface area contributed by atoms with E-state index in [0.29, 0.717) is 0 Å². The van der Waals surface area contributed by atoms with Gasteiger partial charge in [-0.25, -0.2) is 0 Å². The number of hydrogen-bond donors (Lipinski definition) is 1. The number of nitrogens with zero attached hydrogens (tertiary/aromatic N) is 2. The number of nitrogens with one attached hydrogen (secondary N) is 1. The molecule has 1 aliphatic heterocycles. The summed E-state index contributed by atoms with van der Waals surface area (Å²) in [6.45, 7) is 11.7. The van der Waals surface area contributed by atoms with Crippen LogP contribution in [0.4, 0.5) is 5.00 Å². The number of amides is 1. The Balaban J connectivity index is 1.74. The number of rotatable bonds is 6. The Kier molecular flexibility index (Phi) is 7.14. The Hall–Kier alpha value is -1.70. The molecule has 4 nitrogen and oxygen atoms in total. The zero-order valence-electron chi connectivity index (χ0n) is 18.2. The number of thiophene rings is 2. The van der Waals surface area contributed by atoms with Crippen molar-refractivity contribution in [2.45, 2.75) is 26.8 Å². The summed E-state index contributed by atoms with van der Waals surface area (Å²) in [5.41, 5.74) is 3.67. The lowest BCUT2D eigenvalue weighted by molar-refractivity contribution is 0.102. The predicted octanol–water partition coefficient (Wildman–Crippen LogP) is 6.06. The highest BCUT2D eigenvalue weighted by molar-refractivity contribution is 7.17. The lowest BCUT2D eigenvalue weighted by Crippen LogP contribution is -2.47. The molecule has 1 fully saturated rings. The molecule has 0 saturated carbocycles. The molecule has 0 spiro atoms. The van der Waals surface area contributed by atoms with Crippen molar-refractivity contribution in [1.29, 1.82) is 0 Å². The van der Waals surface area contributed by atoms with Crippen LogP contribution >= 0.6 is 34.3 Å². The molecule has 1 aliphatic rings. The Morgan fingerprint density at radius 3 is 2.45 bits per heavy atom. The number of hydrogen-bond acceptors (Lipinski definition) is 5. The van der Waals surface area contributed by atoms with Crippen LogP contribution < -0.4 is 5.32 Å². The van der Waals surface area contributed by atoms with E-state index in [4.69, 9.17) is 11.6 Å². The molecule has 1 atom stereocenters. The Labute approximate surface area is 197 Å². The van der Waals surface area contributed by atoms with Gasteiger partial charge in [-0.3, -0.25) is 9.69 Å². The van der Waals surface area contributed by atoms with E-state index in [1.807, 2.05) is 29.6 Å². The largest absolute Gasteiger partial charge is 0.313 e. The summed E-state index contributed by atoms with van der Waals surface area (Å²) in [4.78, 5) is 19.9. The van der Waals surface area contributed by atoms with Crippen LogP contribution in [0.15, 0.2) is 41.8 Å². The van der Waals surface area contributed by atoms with Gasteiger partial charge < -0.3 is 10.2 Å². The normalized spacial score (nSPS) is 16.4. The van der Waals surface area contributed by atoms with Crippen LogP contribution in [-0.4, -0.2) is 48.4 Å². The van der Waals surface area contributed by atoms with Gasteiger partial charge in [0.2, 0.25) is 0 Å². The number of piperazine rings is 1. The predicted molar refractivity (Wildman–Crippen MR) is 133 cm³/mol. The molecular weight excluding hydrogens is 446 g/mol. The van der Waals surface area contributed by atoms with Crippen LogP contribution in [0.3, 0.4) is 0 Å². The number of benzene rings is 1. The third-order valence-electron chi connectivity index (χ3n) is 6.08. The van der Waals surface area contributed by atoms with Crippen molar-refractivity contribution < 1.29 is 4.79 Å². The van der Waals surface area contributed by atoms with Gasteiger partial charge in [-0.2, -0.15) is 0 Å². The second-order valence-corrected chi connectivity index (χ2v) is 10.5. The number of halogens is 1. The van der Waals surface area contributed by atoms with Crippen molar-refractivity contribution in [2.75, 3.05) is 38.0 Å². The van der Waals surface area contributed by atoms with Crippen molar-refractivity contribution in [3.63, 3.8) is 0 Å². The van der Waals surface area contributed by atoms with Crippen molar-refractivity contribution in [3.8, 4) is 0 Å². The maximum Gasteiger partial charge on any atom is 0.266 e. The second kappa shape index (κ2) is 9.84. The van der Waals surface area contributed by atoms with Gasteiger partial charge in [0.15, 0.2) is 0 Å². The average molecular weight is 474 g/mol. The SMILES string of the molecule is CCN1CCN([C@H](c2ccc(Cl)cc2)c2c(NC(=O)c3cccs3)sc(C)c2C)CC1. The zero-order chi connectivity index (χ0) is 22.0. The van der Waals surface area contributed by atoms with E-state index in [-0.39, 0.29) is 11.9 Å². The minimum Gasteiger partial charge on any atom is -0.313 e. The van der Waals surface area contributed by atoms with Crippen LogP contribution in [0.2, 0.25) is 5.02 Å². The summed E-state index contributed by atoms with van der Waals surface area (Å²) < 4.78 is 0. The van der Waals surface area contributed by atoms with Crippen LogP contribution in [-0.2, 0) is 0 Å². The van der Waals surface area contributed by atoms with E-state index in [1.165, 1.54) is 32.9 Å². The molecule has 1 saturated heterocycles. The standard InChI is InChI=1S/C24H28ClN3OS2/c1-4-27-11-13-28(14-12-27)22(18-7-9-19(25)10-8-18)21-16(2)17(3)31-24(21)26-23(29)20-6-5-15-30-20/h5-10,15,22H,4,11-14H2,1-3H3,(H,26,29)/t22-/m1/s1. The summed E-state index contributed by atoms with van der Waals surface area (Å²) >= 11 is 9.34. The third kappa shape index (κ3) is 4.89. The van der Waals surface area contributed by atoms with E-state index in [2.05, 4.69) is 48.0 Å². The van der Waals surface area contributed by atoms with Crippen LogP contribution in [0.5, 0.6) is 0 Å². The Morgan fingerprint density at radius 1 is 1.13 bits per heavy atom. The fourth-order valence-corrected chi connectivity index (χ4v) is 6.01. The fourth-order valence-electron chi connectivity index (χ4n) is 4.18. The van der Waals surface area contributed by atoms with Gasteiger partial charge >= 0.3 is 0 Å². The lowest BCUT2D eigenvalue weighted by Gasteiger charge is -2.39. The molecule has 31 heavy (non-hydrogen) atoms. The van der Waals surface area contributed by atoms with Crippen LogP contribution in [0.25, 0.3) is 0 Å². The molecule has 7 heteroatoms. The van der Waals surface area contributed by atoms with Crippen LogP contribution in [0.1, 0.15) is 44.2 Å². The molecule has 1 aromatic carbocycles. The number of carbonyl (C=O) groups is 1. The molecule has 0 bridgehead atoms. The number of anilines is 1. The van der Waals surface area contributed by atoms with Crippen molar-refractivity contribution >= 4 is 45.2 Å². The highest BCUT2D eigenvalue weighted by Crippen LogP contribution is 2.43. The minimum atomic E-state index is -0.0387. The fraction of sp³-hybridized carbons (Fsp3) is 0.375. The molecule has 164 valence electrons. The topological polar surface area (TPSA) is 35.6 Å². The summed E-state index contributed by atoms with van der Waals surface area (Å²) in [5.74, 6) is -0.0387. The monoisotopic (exact) mass is 473 g/mol. The molecule has 0 unspecified atom stereocenters. The molecule has 1 amide bonds. The van der Waals surface area contributed by atoms with Crippen molar-refractivity contribution in [3.05, 3.63) is 73.2 Å². The van der Waals surface area contributed by atoms with Crippen LogP contribution in [0, 0.1) is 13.8 Å². The smallest absolute Gasteiger partial charge is 0.266 e. The van der Waals surface area contributed by atoms with Gasteiger partial charge in [0.05, 0.1) is 10.9 Å². The molecule has 4 rings (SSSR count). The number of likely N-dealkylation sites (N-methyl/N-ethyl adjacent to an activating group) is 1. The van der Waals surface area contributed by atoms with Gasteiger partial charge in [-0.05, 0) is 55.1 Å². The number of aryl methyl sites for hydroxylation is 1. The highest BCUT2D eigenvalue weighted by Gasteiger charge is 2.31. The van der Waals surface area contributed by atoms with E-state index in [0.717, 1.165) is 47.6 Å². The molecule has 3 heterocycles. The molecular formula is C24H28ClN3OS2. The Bertz CT molecular complexity index is 1020. The quantitative estimate of drug-likeness (QED) is 0.472. The van der Waals surface area contributed by atoms with Crippen molar-refractivity contribution in [1.82, 2.24) is 9.80 Å². The average Bonchev–Trinajstić information content (AvgIpc) is 3.40. The van der Waals surface area contributed by atoms with Gasteiger partial charge in [0, 0.05) is 41.6 Å². The molecule has 2 aromatic heterocycles. The summed E-state index contributed by atoms with van der Waals surface area (Å²) in [7, 11) is 0. The summed E-state index contributed by atoms with van der Waals surface area (Å²) in [5, 5.41) is 6.85. The van der Waals surface area contributed by atoms with Crippen molar-refractivity contribution in [2.24, 2.45) is 0 Å². The van der Waals surface area contributed by atoms with E-state index in [9.17, 15) is 4.79 Å². The Morgan fingerprint density at radius 2 is 1.84 bits per heavy atom. The molecule has 1 N–H and O–H groups in total. The van der Waals surface area contributed by atoms with E-state index < -0.39 is 0 Å². The zero-order valence-corrected chi connectivity index (χ0v) is 20.5. The molecule has 3 aromatic rings. The minimum absolute atomic E-state index is 0.0387. The first-order valence-corrected chi connectivity index (χ1v) is 12.7. The van der Waals surface area contributed by atoms with E-state index >= 15 is 0 Å². The lowest BCUT2D eigenvalue weighted by atomic mass is 9.94. The maximum atomic E-state index is 12.9. The van der Waals surface area contributed by atoms with E-state index in [1.54, 1.807) is 11.3 Å². The maximum absolute atomic E-state index is 12.9. The first-order chi connectivity index (χ1) is 15.0. The van der Waals surface area contributed by atoms with Gasteiger partial charge in [0.1, 0.15) is 5.00 Å². The first-order valence-electron chi connectivity index (χ1n) is 10.6. The first kappa shape index (κ1) is 22.5. The van der Waals surface area contributed by atoms with Gasteiger partial charge in [-0.1, -0.05) is 36.7 Å². The third-order valence-corrected chi connectivity index (χ3v) is 8.34. The van der Waals surface area contributed by atoms with Gasteiger partial charge in [-0.15, -0.1) is 22.7 Å². The van der Waals surface area contributed by atoms with Gasteiger partial charge in [0.25, 0.3) is 5.91 Å². The molecule has 0 radical (unpaired) electrons. The highest BCUT2D eigenvalue weighted by atomic mass is 35.5. The second-order valence-electron chi connectivity index (χ2n) is 7.88. The summed E-state index contributed by atoms with van der Waals surface area (Å²) in [6, 6.07) is 12.0.